The fourth-order valence-corrected chi connectivity index (χ4v) is 3.21. The predicted octanol–water partition coefficient (Wildman–Crippen LogP) is 3.10. The third kappa shape index (κ3) is 3.27. The Hall–Kier alpha value is -2.69. The van der Waals surface area contributed by atoms with Gasteiger partial charge in [-0.25, -0.2) is 9.18 Å². The number of carbonyl (C=O) groups is 2. The van der Waals surface area contributed by atoms with Crippen LogP contribution in [0, 0.1) is 5.82 Å². The second kappa shape index (κ2) is 6.31. The molecule has 0 saturated heterocycles. The lowest BCUT2D eigenvalue weighted by Gasteiger charge is -2.30. The van der Waals surface area contributed by atoms with Crippen molar-refractivity contribution < 1.29 is 18.7 Å². The molecule has 128 valence electrons. The lowest BCUT2D eigenvalue weighted by atomic mass is 9.98. The minimum absolute atomic E-state index is 0.172. The maximum atomic E-state index is 13.1. The molecule has 2 aliphatic rings. The predicted molar refractivity (Wildman–Crippen MR) is 89.3 cm³/mol. The number of benzene rings is 2. The highest BCUT2D eigenvalue weighted by Crippen LogP contribution is 2.31. The molecule has 0 bridgehead atoms. The summed E-state index contributed by atoms with van der Waals surface area (Å²) in [6, 6.07) is 13.5. The molecule has 1 aliphatic heterocycles. The molecule has 1 saturated carbocycles. The number of rotatable bonds is 4. The Labute approximate surface area is 145 Å². The summed E-state index contributed by atoms with van der Waals surface area (Å²) >= 11 is 0. The summed E-state index contributed by atoms with van der Waals surface area (Å²) in [4.78, 5) is 26.9. The summed E-state index contributed by atoms with van der Waals surface area (Å²) in [6.45, 7) is 0.402. The molecular formula is C20H18FNO3. The quantitative estimate of drug-likeness (QED) is 0.804. The van der Waals surface area contributed by atoms with Crippen molar-refractivity contribution in [1.82, 2.24) is 4.90 Å². The fraction of sp³-hybridized carbons (Fsp3) is 0.300. The van der Waals surface area contributed by atoms with Gasteiger partial charge in [0.2, 0.25) is 0 Å². The zero-order valence-electron chi connectivity index (χ0n) is 13.7. The number of hydrogen-bond donors (Lipinski definition) is 0. The Morgan fingerprint density at radius 2 is 1.84 bits per heavy atom. The maximum Gasteiger partial charge on any atom is 0.339 e. The van der Waals surface area contributed by atoms with Crippen molar-refractivity contribution in [2.45, 2.75) is 38.0 Å². The molecule has 0 N–H and O–H groups in total. The first-order valence-electron chi connectivity index (χ1n) is 8.45. The van der Waals surface area contributed by atoms with Crippen LogP contribution < -0.4 is 0 Å². The smallest absolute Gasteiger partial charge is 0.339 e. The molecule has 0 spiro atoms. The molecule has 1 amide bonds. The normalized spacial score (nSPS) is 19.1. The summed E-state index contributed by atoms with van der Waals surface area (Å²) in [7, 11) is 0. The first-order chi connectivity index (χ1) is 12.1. The molecule has 4 rings (SSSR count). The molecule has 1 heterocycles. The minimum atomic E-state index is -0.788. The van der Waals surface area contributed by atoms with E-state index in [1.54, 1.807) is 29.2 Å². The van der Waals surface area contributed by atoms with E-state index in [-0.39, 0.29) is 17.8 Å². The van der Waals surface area contributed by atoms with E-state index in [2.05, 4.69) is 0 Å². The number of ether oxygens (including phenoxy) is 1. The second-order valence-electron chi connectivity index (χ2n) is 6.58. The Kier molecular flexibility index (Phi) is 3.99. The highest BCUT2D eigenvalue weighted by molar-refractivity contribution is 5.95. The number of nitrogens with zero attached hydrogens (tertiary/aromatic N) is 1. The van der Waals surface area contributed by atoms with Gasteiger partial charge in [-0.2, -0.15) is 0 Å². The van der Waals surface area contributed by atoms with E-state index < -0.39 is 12.1 Å². The van der Waals surface area contributed by atoms with Crippen molar-refractivity contribution in [3.63, 3.8) is 0 Å². The van der Waals surface area contributed by atoms with Gasteiger partial charge in [-0.05, 0) is 42.2 Å². The van der Waals surface area contributed by atoms with Gasteiger partial charge < -0.3 is 9.64 Å². The van der Waals surface area contributed by atoms with Crippen molar-refractivity contribution >= 4 is 11.9 Å². The van der Waals surface area contributed by atoms with Crippen LogP contribution in [-0.2, 0) is 22.5 Å². The van der Waals surface area contributed by atoms with E-state index in [4.69, 9.17) is 4.74 Å². The van der Waals surface area contributed by atoms with Gasteiger partial charge in [-0.1, -0.05) is 30.3 Å². The first kappa shape index (κ1) is 15.8. The average Bonchev–Trinajstić information content (AvgIpc) is 3.45. The second-order valence-corrected chi connectivity index (χ2v) is 6.58. The number of halogens is 1. The SMILES string of the molecule is O=C1OC(C(=O)N(Cc2ccc(F)cc2)C2CC2)Cc2ccccc21. The summed E-state index contributed by atoms with van der Waals surface area (Å²) in [5, 5.41) is 0. The molecule has 2 aromatic carbocycles. The van der Waals surface area contributed by atoms with Crippen LogP contribution in [0.15, 0.2) is 48.5 Å². The fourth-order valence-electron chi connectivity index (χ4n) is 3.21. The van der Waals surface area contributed by atoms with Crippen molar-refractivity contribution in [2.75, 3.05) is 0 Å². The third-order valence-electron chi connectivity index (χ3n) is 4.70. The molecule has 5 heteroatoms. The number of cyclic esters (lactones) is 1. The zero-order chi connectivity index (χ0) is 17.4. The molecule has 1 aliphatic carbocycles. The van der Waals surface area contributed by atoms with Crippen LogP contribution in [-0.4, -0.2) is 28.9 Å². The number of esters is 1. The number of fused-ring (bicyclic) bond motifs is 1. The van der Waals surface area contributed by atoms with Gasteiger partial charge in [0.05, 0.1) is 5.56 Å². The van der Waals surface area contributed by atoms with E-state index in [1.165, 1.54) is 12.1 Å². The van der Waals surface area contributed by atoms with Gasteiger partial charge in [-0.15, -0.1) is 0 Å². The summed E-state index contributed by atoms with van der Waals surface area (Å²) in [5.41, 5.74) is 2.24. The largest absolute Gasteiger partial charge is 0.448 e. The van der Waals surface area contributed by atoms with Crippen molar-refractivity contribution in [3.8, 4) is 0 Å². The molecular weight excluding hydrogens is 321 g/mol. The van der Waals surface area contributed by atoms with E-state index >= 15 is 0 Å². The molecule has 1 fully saturated rings. The minimum Gasteiger partial charge on any atom is -0.448 e. The lowest BCUT2D eigenvalue weighted by molar-refractivity contribution is -0.142. The van der Waals surface area contributed by atoms with Crippen molar-refractivity contribution in [1.29, 1.82) is 0 Å². The van der Waals surface area contributed by atoms with E-state index in [1.807, 2.05) is 12.1 Å². The number of carbonyl (C=O) groups excluding carboxylic acids is 2. The molecule has 2 aromatic rings. The van der Waals surface area contributed by atoms with E-state index in [9.17, 15) is 14.0 Å². The number of hydrogen-bond acceptors (Lipinski definition) is 3. The number of amides is 1. The monoisotopic (exact) mass is 339 g/mol. The van der Waals surface area contributed by atoms with Crippen LogP contribution >= 0.6 is 0 Å². The van der Waals surface area contributed by atoms with Gasteiger partial charge in [0.1, 0.15) is 5.82 Å². The van der Waals surface area contributed by atoms with E-state index in [0.29, 0.717) is 18.5 Å². The highest BCUT2D eigenvalue weighted by atomic mass is 19.1. The van der Waals surface area contributed by atoms with Crippen LogP contribution in [0.5, 0.6) is 0 Å². The lowest BCUT2D eigenvalue weighted by Crippen LogP contribution is -2.45. The first-order valence-corrected chi connectivity index (χ1v) is 8.45. The van der Waals surface area contributed by atoms with Crippen LogP contribution in [0.4, 0.5) is 4.39 Å². The Bertz CT molecular complexity index is 814. The molecule has 0 aromatic heterocycles. The van der Waals surface area contributed by atoms with Crippen LogP contribution in [0.25, 0.3) is 0 Å². The van der Waals surface area contributed by atoms with Gasteiger partial charge in [-0.3, -0.25) is 4.79 Å². The van der Waals surface area contributed by atoms with Gasteiger partial charge in [0.15, 0.2) is 6.10 Å². The Balaban J connectivity index is 1.53. The standard InChI is InChI=1S/C20H18FNO3/c21-15-7-5-13(6-8-15)12-22(16-9-10-16)19(23)18-11-14-3-1-2-4-17(14)20(24)25-18/h1-8,16,18H,9-12H2. The zero-order valence-corrected chi connectivity index (χ0v) is 13.7. The van der Waals surface area contributed by atoms with Gasteiger partial charge in [0, 0.05) is 19.0 Å². The third-order valence-corrected chi connectivity index (χ3v) is 4.70. The molecule has 1 unspecified atom stereocenters. The molecule has 4 nitrogen and oxygen atoms in total. The van der Waals surface area contributed by atoms with E-state index in [0.717, 1.165) is 24.0 Å². The van der Waals surface area contributed by atoms with Crippen molar-refractivity contribution in [2.24, 2.45) is 0 Å². The topological polar surface area (TPSA) is 46.6 Å². The van der Waals surface area contributed by atoms with Crippen LogP contribution in [0.1, 0.15) is 34.3 Å². The van der Waals surface area contributed by atoms with Gasteiger partial charge >= 0.3 is 5.97 Å². The maximum absolute atomic E-state index is 13.1. The Morgan fingerprint density at radius 1 is 1.12 bits per heavy atom. The van der Waals surface area contributed by atoms with Crippen LogP contribution in [0.2, 0.25) is 0 Å². The molecule has 25 heavy (non-hydrogen) atoms. The van der Waals surface area contributed by atoms with Crippen LogP contribution in [0.3, 0.4) is 0 Å². The average molecular weight is 339 g/mol. The van der Waals surface area contributed by atoms with Gasteiger partial charge in [0.25, 0.3) is 5.91 Å². The molecule has 0 radical (unpaired) electrons. The summed E-state index contributed by atoms with van der Waals surface area (Å²) in [6.07, 6.45) is 1.50. The highest BCUT2D eigenvalue weighted by Gasteiger charge is 2.39. The summed E-state index contributed by atoms with van der Waals surface area (Å²) < 4.78 is 18.5. The molecule has 1 atom stereocenters. The summed E-state index contributed by atoms with van der Waals surface area (Å²) in [5.74, 6) is -0.918. The Morgan fingerprint density at radius 3 is 2.56 bits per heavy atom. The van der Waals surface area contributed by atoms with Crippen molar-refractivity contribution in [3.05, 3.63) is 71.0 Å².